The predicted molar refractivity (Wildman–Crippen MR) is 130 cm³/mol. The van der Waals surface area contributed by atoms with E-state index in [1.54, 1.807) is 62.8 Å². The summed E-state index contributed by atoms with van der Waals surface area (Å²) >= 11 is 6.20. The van der Waals surface area contributed by atoms with Crippen LogP contribution < -0.4 is 24.3 Å². The van der Waals surface area contributed by atoms with Crippen molar-refractivity contribution in [2.45, 2.75) is 6.92 Å². The van der Waals surface area contributed by atoms with Gasteiger partial charge >= 0.3 is 0 Å². The number of halogens is 1. The third-order valence-electron chi connectivity index (χ3n) is 5.05. The van der Waals surface area contributed by atoms with Gasteiger partial charge in [0.05, 0.1) is 33.0 Å². The second-order valence-electron chi connectivity index (χ2n) is 7.15. The number of carbonyl (C=O) groups excluding carboxylic acids is 1. The standard InChI is InChI=1S/C25H23ClN2O6/c1-5-33-19-8-6-14(10-17(19)26)24(29)27-16-7-9-20-18(13-16)28-25(34-20)15-11-21(30-2)23(32-4)22(12-15)31-3/h6-13H,5H2,1-4H3,(H,27,29). The first-order valence-corrected chi connectivity index (χ1v) is 10.8. The summed E-state index contributed by atoms with van der Waals surface area (Å²) in [7, 11) is 4.62. The molecule has 0 unspecified atom stereocenters. The van der Waals surface area contributed by atoms with Crippen LogP contribution in [-0.4, -0.2) is 38.8 Å². The fraction of sp³-hybridized carbons (Fsp3) is 0.200. The van der Waals surface area contributed by atoms with Crippen LogP contribution in [0.5, 0.6) is 23.0 Å². The largest absolute Gasteiger partial charge is 0.493 e. The molecule has 3 aromatic carbocycles. The number of hydrogen-bond donors (Lipinski definition) is 1. The fourth-order valence-electron chi connectivity index (χ4n) is 3.45. The molecule has 0 aliphatic heterocycles. The first-order valence-electron chi connectivity index (χ1n) is 10.4. The van der Waals surface area contributed by atoms with E-state index in [0.717, 1.165) is 0 Å². The topological polar surface area (TPSA) is 92.1 Å². The van der Waals surface area contributed by atoms with E-state index in [0.29, 0.717) is 68.4 Å². The van der Waals surface area contributed by atoms with Crippen LogP contribution in [0, 0.1) is 0 Å². The molecular weight excluding hydrogens is 460 g/mol. The van der Waals surface area contributed by atoms with Gasteiger partial charge in [0.25, 0.3) is 5.91 Å². The van der Waals surface area contributed by atoms with Gasteiger partial charge in [-0.05, 0) is 55.5 Å². The number of oxazole rings is 1. The van der Waals surface area contributed by atoms with Gasteiger partial charge in [-0.25, -0.2) is 4.98 Å². The molecule has 0 radical (unpaired) electrons. The minimum atomic E-state index is -0.308. The van der Waals surface area contributed by atoms with Gasteiger partial charge in [-0.1, -0.05) is 11.6 Å². The number of hydrogen-bond acceptors (Lipinski definition) is 7. The zero-order valence-electron chi connectivity index (χ0n) is 19.1. The van der Waals surface area contributed by atoms with Crippen LogP contribution in [0.4, 0.5) is 5.69 Å². The van der Waals surface area contributed by atoms with Crippen molar-refractivity contribution in [3.05, 3.63) is 59.1 Å². The van der Waals surface area contributed by atoms with E-state index in [2.05, 4.69) is 10.3 Å². The lowest BCUT2D eigenvalue weighted by atomic mass is 10.2. The zero-order valence-corrected chi connectivity index (χ0v) is 19.9. The highest BCUT2D eigenvalue weighted by molar-refractivity contribution is 6.32. The lowest BCUT2D eigenvalue weighted by Gasteiger charge is -2.12. The summed E-state index contributed by atoms with van der Waals surface area (Å²) in [6, 6.07) is 13.6. The number of carbonyl (C=O) groups is 1. The predicted octanol–water partition coefficient (Wildman–Crippen LogP) is 5.83. The minimum Gasteiger partial charge on any atom is -0.493 e. The van der Waals surface area contributed by atoms with Gasteiger partial charge < -0.3 is 28.7 Å². The average Bonchev–Trinajstić information content (AvgIpc) is 3.27. The second kappa shape index (κ2) is 9.93. The summed E-state index contributed by atoms with van der Waals surface area (Å²) in [4.78, 5) is 17.3. The monoisotopic (exact) mass is 482 g/mol. The molecule has 0 aliphatic rings. The van der Waals surface area contributed by atoms with Crippen molar-refractivity contribution in [2.24, 2.45) is 0 Å². The maximum Gasteiger partial charge on any atom is 0.255 e. The number of amides is 1. The van der Waals surface area contributed by atoms with Crippen molar-refractivity contribution in [1.82, 2.24) is 4.98 Å². The Hall–Kier alpha value is -3.91. The molecule has 0 fully saturated rings. The third kappa shape index (κ3) is 4.58. The van der Waals surface area contributed by atoms with Crippen molar-refractivity contribution in [1.29, 1.82) is 0 Å². The number of methoxy groups -OCH3 is 3. The van der Waals surface area contributed by atoms with Crippen LogP contribution in [0.3, 0.4) is 0 Å². The number of nitrogens with one attached hydrogen (secondary N) is 1. The van der Waals surface area contributed by atoms with Crippen LogP contribution >= 0.6 is 11.6 Å². The molecule has 176 valence electrons. The molecule has 0 atom stereocenters. The fourth-order valence-corrected chi connectivity index (χ4v) is 3.69. The van der Waals surface area contributed by atoms with Crippen molar-refractivity contribution < 1.29 is 28.2 Å². The second-order valence-corrected chi connectivity index (χ2v) is 7.56. The quantitative estimate of drug-likeness (QED) is 0.338. The Morgan fingerprint density at radius 3 is 2.32 bits per heavy atom. The van der Waals surface area contributed by atoms with Crippen LogP contribution in [0.1, 0.15) is 17.3 Å². The van der Waals surface area contributed by atoms with Crippen LogP contribution in [0.25, 0.3) is 22.6 Å². The van der Waals surface area contributed by atoms with Crippen LogP contribution in [0.2, 0.25) is 5.02 Å². The van der Waals surface area contributed by atoms with Crippen molar-refractivity contribution in [3.63, 3.8) is 0 Å². The maximum atomic E-state index is 12.7. The highest BCUT2D eigenvalue weighted by Gasteiger charge is 2.18. The van der Waals surface area contributed by atoms with E-state index < -0.39 is 0 Å². The third-order valence-corrected chi connectivity index (χ3v) is 5.35. The molecular formula is C25H23ClN2O6. The first-order chi connectivity index (χ1) is 16.5. The molecule has 0 saturated heterocycles. The van der Waals surface area contributed by atoms with Gasteiger partial charge in [0.1, 0.15) is 11.3 Å². The van der Waals surface area contributed by atoms with Gasteiger partial charge in [0.2, 0.25) is 11.6 Å². The van der Waals surface area contributed by atoms with E-state index in [4.69, 9.17) is 35.0 Å². The molecule has 1 amide bonds. The number of aromatic nitrogens is 1. The normalized spacial score (nSPS) is 10.7. The molecule has 4 aromatic rings. The molecule has 9 heteroatoms. The summed E-state index contributed by atoms with van der Waals surface area (Å²) in [5, 5.41) is 3.22. The first kappa shape index (κ1) is 23.3. The maximum absolute atomic E-state index is 12.7. The zero-order chi connectivity index (χ0) is 24.2. The lowest BCUT2D eigenvalue weighted by Crippen LogP contribution is -2.11. The van der Waals surface area contributed by atoms with Crippen molar-refractivity contribution in [3.8, 4) is 34.5 Å². The molecule has 0 spiro atoms. The number of anilines is 1. The number of ether oxygens (including phenoxy) is 4. The lowest BCUT2D eigenvalue weighted by molar-refractivity contribution is 0.102. The van der Waals surface area contributed by atoms with Gasteiger partial charge in [-0.15, -0.1) is 0 Å². The number of rotatable bonds is 8. The number of benzene rings is 3. The Labute approximate surface area is 201 Å². The molecule has 0 saturated carbocycles. The van der Waals surface area contributed by atoms with Gasteiger partial charge in [0, 0.05) is 16.8 Å². The Morgan fingerprint density at radius 1 is 0.971 bits per heavy atom. The summed E-state index contributed by atoms with van der Waals surface area (Å²) in [5.41, 5.74) is 2.76. The summed E-state index contributed by atoms with van der Waals surface area (Å²) in [6.45, 7) is 2.35. The molecule has 34 heavy (non-hydrogen) atoms. The van der Waals surface area contributed by atoms with E-state index >= 15 is 0 Å². The molecule has 1 aromatic heterocycles. The summed E-state index contributed by atoms with van der Waals surface area (Å²) in [5.74, 6) is 2.05. The molecule has 1 N–H and O–H groups in total. The Balaban J connectivity index is 1.61. The van der Waals surface area contributed by atoms with E-state index in [1.807, 2.05) is 6.92 Å². The number of nitrogens with zero attached hydrogens (tertiary/aromatic N) is 1. The highest BCUT2D eigenvalue weighted by atomic mass is 35.5. The van der Waals surface area contributed by atoms with Crippen LogP contribution in [-0.2, 0) is 0 Å². The smallest absolute Gasteiger partial charge is 0.255 e. The SMILES string of the molecule is CCOc1ccc(C(=O)Nc2ccc3oc(-c4cc(OC)c(OC)c(OC)c4)nc3c2)cc1Cl. The van der Waals surface area contributed by atoms with Gasteiger partial charge in [-0.3, -0.25) is 4.79 Å². The minimum absolute atomic E-state index is 0.308. The molecule has 0 bridgehead atoms. The molecule has 0 aliphatic carbocycles. The summed E-state index contributed by atoms with van der Waals surface area (Å²) in [6.07, 6.45) is 0. The Morgan fingerprint density at radius 2 is 1.71 bits per heavy atom. The Bertz CT molecular complexity index is 1330. The van der Waals surface area contributed by atoms with Crippen molar-refractivity contribution >= 4 is 34.3 Å². The summed E-state index contributed by atoms with van der Waals surface area (Å²) < 4.78 is 27.5. The molecule has 1 heterocycles. The molecule has 4 rings (SSSR count). The van der Waals surface area contributed by atoms with Gasteiger partial charge in [0.15, 0.2) is 17.1 Å². The van der Waals surface area contributed by atoms with Gasteiger partial charge in [-0.2, -0.15) is 0 Å². The molecule has 8 nitrogen and oxygen atoms in total. The Kier molecular flexibility index (Phi) is 6.79. The number of fused-ring (bicyclic) bond motifs is 1. The van der Waals surface area contributed by atoms with Crippen LogP contribution in [0.15, 0.2) is 52.9 Å². The van der Waals surface area contributed by atoms with E-state index in [-0.39, 0.29) is 5.91 Å². The average molecular weight is 483 g/mol. The van der Waals surface area contributed by atoms with E-state index in [9.17, 15) is 4.79 Å². The van der Waals surface area contributed by atoms with Crippen molar-refractivity contribution in [2.75, 3.05) is 33.3 Å². The van der Waals surface area contributed by atoms with E-state index in [1.165, 1.54) is 7.11 Å². The highest BCUT2D eigenvalue weighted by Crippen LogP contribution is 2.41.